The van der Waals surface area contributed by atoms with Gasteiger partial charge in [-0.15, -0.1) is 0 Å². The summed E-state index contributed by atoms with van der Waals surface area (Å²) in [6, 6.07) is 13.9. The maximum atomic E-state index is 12.2. The number of hydrogen-bond donors (Lipinski definition) is 2. The molecule has 1 aliphatic heterocycles. The summed E-state index contributed by atoms with van der Waals surface area (Å²) < 4.78 is 35.2. The van der Waals surface area contributed by atoms with Gasteiger partial charge in [0.05, 0.1) is 32.0 Å². The summed E-state index contributed by atoms with van der Waals surface area (Å²) in [5.74, 6) is 2.26. The molecule has 3 atom stereocenters. The molecule has 1 aliphatic rings. The van der Waals surface area contributed by atoms with Crippen LogP contribution in [0.5, 0.6) is 23.0 Å². The largest absolute Gasteiger partial charge is 0.497 e. The lowest BCUT2D eigenvalue weighted by Gasteiger charge is -2.21. The molecule has 11 nitrogen and oxygen atoms in total. The van der Waals surface area contributed by atoms with E-state index in [0.29, 0.717) is 23.0 Å². The van der Waals surface area contributed by atoms with Crippen molar-refractivity contribution >= 4 is 26.0 Å². The van der Waals surface area contributed by atoms with E-state index in [-0.39, 0.29) is 23.9 Å². The Morgan fingerprint density at radius 3 is 2.11 bits per heavy atom. The van der Waals surface area contributed by atoms with Crippen LogP contribution in [0.4, 0.5) is 5.82 Å². The Hall–Kier alpha value is -3.08. The summed E-state index contributed by atoms with van der Waals surface area (Å²) in [7, 11) is 1.19. The van der Waals surface area contributed by atoms with E-state index in [0.717, 1.165) is 0 Å². The van der Waals surface area contributed by atoms with E-state index in [1.165, 1.54) is 10.8 Å². The molecule has 2 aromatic carbocycles. The summed E-state index contributed by atoms with van der Waals surface area (Å²) in [4.78, 5) is 15.9. The number of aliphatic hydroxyl groups is 1. The molecule has 13 heteroatoms. The standard InChI is InChI=1S/C23H25ClN3O8P/c1-30-14-3-7-16(8-4-14)34-36(35-17-9-5-15(31-2)6-10-17)32-13-20-19(28)11-21(33-20)27-12-18(24)22(25)26-23(27)29/h3-10,12,19-21,28H,11,13H2,1-2H3,(H2,25,26,29). The highest BCUT2D eigenvalue weighted by Gasteiger charge is 2.37. The second kappa shape index (κ2) is 11.8. The van der Waals surface area contributed by atoms with Gasteiger partial charge in [-0.3, -0.25) is 9.09 Å². The minimum absolute atomic E-state index is 0.0689. The summed E-state index contributed by atoms with van der Waals surface area (Å²) in [5, 5.41) is 10.7. The number of rotatable bonds is 10. The van der Waals surface area contributed by atoms with Gasteiger partial charge < -0.3 is 34.1 Å². The zero-order valence-corrected chi connectivity index (χ0v) is 21.1. The Balaban J connectivity index is 1.44. The van der Waals surface area contributed by atoms with Gasteiger partial charge >= 0.3 is 14.3 Å². The first-order chi connectivity index (χ1) is 17.4. The van der Waals surface area contributed by atoms with E-state index in [4.69, 9.17) is 45.1 Å². The lowest BCUT2D eigenvalue weighted by molar-refractivity contribution is -0.0419. The summed E-state index contributed by atoms with van der Waals surface area (Å²) in [5.41, 5.74) is 4.94. The summed E-state index contributed by atoms with van der Waals surface area (Å²) in [6.07, 6.45) is -1.01. The maximum Gasteiger partial charge on any atom is 0.463 e. The molecule has 0 amide bonds. The van der Waals surface area contributed by atoms with E-state index in [1.54, 1.807) is 62.8 Å². The van der Waals surface area contributed by atoms with Crippen molar-refractivity contribution in [3.05, 3.63) is 70.2 Å². The van der Waals surface area contributed by atoms with Gasteiger partial charge in [-0.05, 0) is 48.5 Å². The van der Waals surface area contributed by atoms with Gasteiger partial charge in [0.25, 0.3) is 0 Å². The molecule has 1 fully saturated rings. The lowest BCUT2D eigenvalue weighted by atomic mass is 10.2. The number of aromatic nitrogens is 2. The zero-order valence-electron chi connectivity index (χ0n) is 19.4. The molecule has 3 unspecified atom stereocenters. The van der Waals surface area contributed by atoms with E-state index in [9.17, 15) is 9.90 Å². The van der Waals surface area contributed by atoms with Crippen LogP contribution in [-0.4, -0.2) is 47.7 Å². The van der Waals surface area contributed by atoms with Crippen molar-refractivity contribution in [1.82, 2.24) is 9.55 Å². The Kier molecular flexibility index (Phi) is 8.50. The van der Waals surface area contributed by atoms with E-state index < -0.39 is 32.7 Å². The van der Waals surface area contributed by atoms with Crippen molar-refractivity contribution in [2.45, 2.75) is 24.9 Å². The molecular formula is C23H25ClN3O8P. The molecule has 2 heterocycles. The van der Waals surface area contributed by atoms with Gasteiger partial charge in [0, 0.05) is 12.6 Å². The van der Waals surface area contributed by atoms with Crippen LogP contribution in [0.1, 0.15) is 12.6 Å². The zero-order chi connectivity index (χ0) is 25.7. The van der Waals surface area contributed by atoms with E-state index in [1.807, 2.05) is 0 Å². The number of benzene rings is 2. The highest BCUT2D eigenvalue weighted by atomic mass is 35.5. The third kappa shape index (κ3) is 6.37. The Bertz CT molecular complexity index is 1160. The molecule has 192 valence electrons. The third-order valence-corrected chi connectivity index (χ3v) is 6.64. The van der Waals surface area contributed by atoms with Gasteiger partial charge in [-0.25, -0.2) is 4.79 Å². The molecule has 4 rings (SSSR count). The molecule has 0 spiro atoms. The molecule has 0 aliphatic carbocycles. The van der Waals surface area contributed by atoms with Crippen LogP contribution in [-0.2, 0) is 9.26 Å². The fraction of sp³-hybridized carbons (Fsp3) is 0.304. The number of ether oxygens (including phenoxy) is 3. The molecular weight excluding hydrogens is 513 g/mol. The molecule has 1 saturated heterocycles. The average molecular weight is 538 g/mol. The maximum absolute atomic E-state index is 12.2. The van der Waals surface area contributed by atoms with E-state index in [2.05, 4.69) is 4.98 Å². The van der Waals surface area contributed by atoms with Crippen molar-refractivity contribution in [2.24, 2.45) is 0 Å². The van der Waals surface area contributed by atoms with Gasteiger partial charge in [0.1, 0.15) is 41.1 Å². The van der Waals surface area contributed by atoms with Gasteiger partial charge in [-0.2, -0.15) is 4.98 Å². The fourth-order valence-electron chi connectivity index (χ4n) is 3.35. The lowest BCUT2D eigenvalue weighted by Crippen LogP contribution is -2.28. The Labute approximate surface area is 213 Å². The molecule has 3 N–H and O–H groups in total. The number of halogens is 1. The summed E-state index contributed by atoms with van der Waals surface area (Å²) >= 11 is 6.00. The first-order valence-electron chi connectivity index (χ1n) is 10.8. The number of nitrogens with two attached hydrogens (primary N) is 1. The van der Waals surface area contributed by atoms with Crippen LogP contribution in [0.2, 0.25) is 5.02 Å². The number of nitrogen functional groups attached to an aromatic ring is 1. The average Bonchev–Trinajstić information content (AvgIpc) is 3.25. The van der Waals surface area contributed by atoms with Crippen LogP contribution < -0.4 is 29.9 Å². The smallest absolute Gasteiger partial charge is 0.463 e. The van der Waals surface area contributed by atoms with Crippen LogP contribution in [0.3, 0.4) is 0 Å². The van der Waals surface area contributed by atoms with Crippen molar-refractivity contribution < 1.29 is 32.9 Å². The monoisotopic (exact) mass is 537 g/mol. The fourth-order valence-corrected chi connectivity index (χ4v) is 4.50. The Morgan fingerprint density at radius 2 is 1.58 bits per heavy atom. The van der Waals surface area contributed by atoms with Crippen LogP contribution >= 0.6 is 20.2 Å². The predicted molar refractivity (Wildman–Crippen MR) is 133 cm³/mol. The third-order valence-electron chi connectivity index (χ3n) is 5.27. The molecule has 3 aromatic rings. The number of methoxy groups -OCH3 is 2. The number of aliphatic hydroxyl groups excluding tert-OH is 1. The Morgan fingerprint density at radius 1 is 1.06 bits per heavy atom. The number of anilines is 1. The molecule has 36 heavy (non-hydrogen) atoms. The predicted octanol–water partition coefficient (Wildman–Crippen LogP) is 3.55. The molecule has 0 bridgehead atoms. The van der Waals surface area contributed by atoms with Gasteiger partial charge in [0.15, 0.2) is 0 Å². The van der Waals surface area contributed by atoms with Crippen molar-refractivity contribution in [2.75, 3.05) is 26.6 Å². The summed E-state index contributed by atoms with van der Waals surface area (Å²) in [6.45, 7) is -0.0689. The van der Waals surface area contributed by atoms with E-state index >= 15 is 0 Å². The second-order valence-electron chi connectivity index (χ2n) is 7.65. The minimum atomic E-state index is -1.95. The quantitative estimate of drug-likeness (QED) is 0.369. The van der Waals surface area contributed by atoms with Crippen LogP contribution in [0.25, 0.3) is 0 Å². The SMILES string of the molecule is COc1ccc(OP(OCC2OC(n3cc(Cl)c(N)nc3=O)CC2O)Oc2ccc(OC)cc2)cc1. The van der Waals surface area contributed by atoms with Crippen LogP contribution in [0, 0.1) is 0 Å². The molecule has 1 aromatic heterocycles. The van der Waals surface area contributed by atoms with Crippen molar-refractivity contribution in [3.63, 3.8) is 0 Å². The number of hydrogen-bond acceptors (Lipinski definition) is 10. The van der Waals surface area contributed by atoms with Gasteiger partial charge in [-0.1, -0.05) is 11.6 Å². The first kappa shape index (κ1) is 26.0. The van der Waals surface area contributed by atoms with Crippen LogP contribution in [0.15, 0.2) is 59.5 Å². The minimum Gasteiger partial charge on any atom is -0.497 e. The number of nitrogens with zero attached hydrogens (tertiary/aromatic N) is 2. The molecule has 0 saturated carbocycles. The van der Waals surface area contributed by atoms with Crippen molar-refractivity contribution in [3.8, 4) is 23.0 Å². The molecule has 0 radical (unpaired) electrons. The normalized spacial score (nSPS) is 19.3. The topological polar surface area (TPSA) is 137 Å². The van der Waals surface area contributed by atoms with Crippen molar-refractivity contribution in [1.29, 1.82) is 0 Å². The second-order valence-corrected chi connectivity index (χ2v) is 9.13. The van der Waals surface area contributed by atoms with Gasteiger partial charge in [0.2, 0.25) is 0 Å². The highest BCUT2D eigenvalue weighted by Crippen LogP contribution is 2.43. The highest BCUT2D eigenvalue weighted by molar-refractivity contribution is 7.42. The first-order valence-corrected chi connectivity index (χ1v) is 12.3.